The molecule has 1 saturated heterocycles. The highest BCUT2D eigenvalue weighted by Crippen LogP contribution is 2.58. The first-order valence-corrected chi connectivity index (χ1v) is 11.4. The van der Waals surface area contributed by atoms with Crippen LogP contribution in [0.15, 0.2) is 36.4 Å². The van der Waals surface area contributed by atoms with Crippen LogP contribution in [0.4, 0.5) is 4.39 Å². The fourth-order valence-electron chi connectivity index (χ4n) is 5.60. The normalized spacial score (nSPS) is 21.7. The van der Waals surface area contributed by atoms with Crippen LogP contribution in [-0.4, -0.2) is 42.1 Å². The Balaban J connectivity index is 1.07. The van der Waals surface area contributed by atoms with Gasteiger partial charge in [-0.2, -0.15) is 0 Å². The molecule has 0 unspecified atom stereocenters. The van der Waals surface area contributed by atoms with Gasteiger partial charge in [0.15, 0.2) is 11.5 Å². The van der Waals surface area contributed by atoms with Gasteiger partial charge < -0.3 is 14.4 Å². The van der Waals surface area contributed by atoms with E-state index < -0.39 is 0 Å². The predicted molar refractivity (Wildman–Crippen MR) is 114 cm³/mol. The number of ether oxygens (including phenoxy) is 2. The van der Waals surface area contributed by atoms with Crippen LogP contribution in [0.3, 0.4) is 0 Å². The number of hydrogen-bond donors (Lipinski definition) is 0. The number of rotatable bonds is 5. The van der Waals surface area contributed by atoms with Gasteiger partial charge in [-0.3, -0.25) is 9.69 Å². The van der Waals surface area contributed by atoms with Gasteiger partial charge in [0, 0.05) is 18.7 Å². The lowest BCUT2D eigenvalue weighted by molar-refractivity contribution is 0.0671. The first-order chi connectivity index (χ1) is 15.1. The van der Waals surface area contributed by atoms with Crippen LogP contribution in [-0.2, 0) is 12.1 Å². The van der Waals surface area contributed by atoms with E-state index in [1.165, 1.54) is 6.07 Å². The van der Waals surface area contributed by atoms with Crippen molar-refractivity contribution < 1.29 is 18.7 Å². The molecule has 1 saturated carbocycles. The van der Waals surface area contributed by atoms with Gasteiger partial charge in [0.05, 0.1) is 5.54 Å². The zero-order chi connectivity index (χ0) is 21.0. The molecule has 31 heavy (non-hydrogen) atoms. The molecule has 0 N–H and O–H groups in total. The Hall–Kier alpha value is -2.60. The molecule has 0 bridgehead atoms. The molecule has 0 atom stereocenters. The van der Waals surface area contributed by atoms with E-state index in [2.05, 4.69) is 9.80 Å². The molecule has 162 valence electrons. The molecule has 2 fully saturated rings. The summed E-state index contributed by atoms with van der Waals surface area (Å²) in [5.74, 6) is 2.07. The first kappa shape index (κ1) is 19.1. The van der Waals surface area contributed by atoms with Crippen molar-refractivity contribution in [2.45, 2.75) is 44.2 Å². The smallest absolute Gasteiger partial charge is 0.255 e. The fraction of sp³-hybridized carbons (Fsp3) is 0.480. The van der Waals surface area contributed by atoms with Crippen LogP contribution in [0, 0.1) is 11.7 Å². The summed E-state index contributed by atoms with van der Waals surface area (Å²) in [7, 11) is 0. The van der Waals surface area contributed by atoms with E-state index in [-0.39, 0.29) is 24.1 Å². The number of piperidine rings is 1. The lowest BCUT2D eigenvalue weighted by atomic mass is 9.92. The van der Waals surface area contributed by atoms with E-state index in [4.69, 9.17) is 9.47 Å². The highest BCUT2D eigenvalue weighted by atomic mass is 19.1. The Labute approximate surface area is 181 Å². The zero-order valence-electron chi connectivity index (χ0n) is 17.6. The third kappa shape index (κ3) is 3.28. The van der Waals surface area contributed by atoms with Crippen molar-refractivity contribution in [2.24, 2.45) is 5.92 Å². The largest absolute Gasteiger partial charge is 0.454 e. The van der Waals surface area contributed by atoms with Gasteiger partial charge in [0.25, 0.3) is 5.91 Å². The van der Waals surface area contributed by atoms with Gasteiger partial charge in [0.2, 0.25) is 6.79 Å². The molecular formula is C25H27FN2O3. The lowest BCUT2D eigenvalue weighted by Crippen LogP contribution is -2.37. The topological polar surface area (TPSA) is 42.0 Å². The number of halogens is 1. The van der Waals surface area contributed by atoms with E-state index in [0.29, 0.717) is 11.7 Å². The molecule has 6 rings (SSSR count). The second-order valence-electron chi connectivity index (χ2n) is 9.38. The third-order valence-electron chi connectivity index (χ3n) is 7.49. The van der Waals surface area contributed by atoms with Crippen molar-refractivity contribution >= 4 is 5.91 Å². The van der Waals surface area contributed by atoms with Gasteiger partial charge in [-0.1, -0.05) is 12.1 Å². The zero-order valence-corrected chi connectivity index (χ0v) is 17.6. The molecule has 2 aromatic carbocycles. The predicted octanol–water partition coefficient (Wildman–Crippen LogP) is 4.30. The second kappa shape index (κ2) is 7.23. The fourth-order valence-corrected chi connectivity index (χ4v) is 5.60. The molecule has 0 aromatic heterocycles. The third-order valence-corrected chi connectivity index (χ3v) is 7.49. The van der Waals surface area contributed by atoms with E-state index in [1.807, 2.05) is 18.2 Å². The van der Waals surface area contributed by atoms with Gasteiger partial charge in [-0.25, -0.2) is 4.39 Å². The minimum Gasteiger partial charge on any atom is -0.454 e. The summed E-state index contributed by atoms with van der Waals surface area (Å²) in [4.78, 5) is 17.7. The summed E-state index contributed by atoms with van der Waals surface area (Å²) in [6.07, 6.45) is 5.39. The number of carbonyl (C=O) groups is 1. The van der Waals surface area contributed by atoms with E-state index in [0.717, 1.165) is 80.7 Å². The lowest BCUT2D eigenvalue weighted by Gasteiger charge is -2.33. The molecule has 1 amide bonds. The van der Waals surface area contributed by atoms with Crippen molar-refractivity contribution in [1.29, 1.82) is 0 Å². The summed E-state index contributed by atoms with van der Waals surface area (Å²) in [5, 5.41) is 0. The van der Waals surface area contributed by atoms with Crippen LogP contribution < -0.4 is 9.47 Å². The quantitative estimate of drug-likeness (QED) is 0.721. The Morgan fingerprint density at radius 3 is 2.58 bits per heavy atom. The Morgan fingerprint density at radius 2 is 1.84 bits per heavy atom. The molecule has 1 spiro atoms. The number of amides is 1. The van der Waals surface area contributed by atoms with Crippen molar-refractivity contribution in [1.82, 2.24) is 9.80 Å². The van der Waals surface area contributed by atoms with E-state index in [1.54, 1.807) is 12.1 Å². The van der Waals surface area contributed by atoms with Crippen molar-refractivity contribution in [3.63, 3.8) is 0 Å². The first-order valence-electron chi connectivity index (χ1n) is 11.4. The van der Waals surface area contributed by atoms with Crippen molar-refractivity contribution in [2.75, 3.05) is 26.4 Å². The van der Waals surface area contributed by atoms with E-state index in [9.17, 15) is 9.18 Å². The molecule has 1 aliphatic carbocycles. The van der Waals surface area contributed by atoms with Crippen LogP contribution in [0.5, 0.6) is 11.5 Å². The highest BCUT2D eigenvalue weighted by molar-refractivity contribution is 6.01. The van der Waals surface area contributed by atoms with Crippen molar-refractivity contribution in [3.8, 4) is 11.5 Å². The Kier molecular flexibility index (Phi) is 4.46. The van der Waals surface area contributed by atoms with Crippen LogP contribution in [0.2, 0.25) is 0 Å². The molecule has 2 aromatic rings. The minimum atomic E-state index is -0.166. The highest BCUT2D eigenvalue weighted by Gasteiger charge is 2.58. The molecule has 3 aliphatic heterocycles. The van der Waals surface area contributed by atoms with Gasteiger partial charge in [-0.15, -0.1) is 0 Å². The summed E-state index contributed by atoms with van der Waals surface area (Å²) in [6, 6.07) is 10.8. The van der Waals surface area contributed by atoms with Crippen LogP contribution >= 0.6 is 0 Å². The second-order valence-corrected chi connectivity index (χ2v) is 9.38. The SMILES string of the molecule is O=C1c2cc3c(cc2C2(CC2)N1CCC1CCN(Cc2cccc(F)c2)CC1)OCO3. The average molecular weight is 423 g/mol. The van der Waals surface area contributed by atoms with Crippen molar-refractivity contribution in [3.05, 3.63) is 58.9 Å². The number of nitrogens with zero attached hydrogens (tertiary/aromatic N) is 2. The Bertz CT molecular complexity index is 1030. The number of benzene rings is 2. The number of fused-ring (bicyclic) bond motifs is 3. The van der Waals surface area contributed by atoms with Gasteiger partial charge >= 0.3 is 0 Å². The number of hydrogen-bond acceptors (Lipinski definition) is 4. The molecule has 0 radical (unpaired) electrons. The van der Waals surface area contributed by atoms with Gasteiger partial charge in [-0.05, 0) is 86.5 Å². The number of carbonyl (C=O) groups excluding carboxylic acids is 1. The number of likely N-dealkylation sites (tertiary alicyclic amines) is 1. The van der Waals surface area contributed by atoms with Crippen LogP contribution in [0.1, 0.15) is 53.6 Å². The van der Waals surface area contributed by atoms with E-state index >= 15 is 0 Å². The maximum absolute atomic E-state index is 13.4. The maximum atomic E-state index is 13.4. The standard InChI is InChI=1S/C25H27FN2O3/c26-19-3-1-2-18(12-19)15-27-9-4-17(5-10-27)6-11-28-24(29)20-13-22-23(31-16-30-22)14-21(20)25(28)7-8-25/h1-3,12-14,17H,4-11,15-16H2. The summed E-state index contributed by atoms with van der Waals surface area (Å²) in [6.45, 7) is 3.92. The summed E-state index contributed by atoms with van der Waals surface area (Å²) < 4.78 is 24.5. The molecule has 6 heteroatoms. The molecular weight excluding hydrogens is 395 g/mol. The monoisotopic (exact) mass is 422 g/mol. The summed E-state index contributed by atoms with van der Waals surface area (Å²) in [5.41, 5.74) is 2.86. The average Bonchev–Trinajstić information content (AvgIpc) is 3.37. The molecule has 3 heterocycles. The van der Waals surface area contributed by atoms with Gasteiger partial charge in [0.1, 0.15) is 5.82 Å². The molecule has 4 aliphatic rings. The maximum Gasteiger partial charge on any atom is 0.255 e. The Morgan fingerprint density at radius 1 is 1.06 bits per heavy atom. The summed E-state index contributed by atoms with van der Waals surface area (Å²) >= 11 is 0. The minimum absolute atomic E-state index is 0.106. The van der Waals surface area contributed by atoms with Crippen LogP contribution in [0.25, 0.3) is 0 Å². The molecule has 5 nitrogen and oxygen atoms in total.